The van der Waals surface area contributed by atoms with Gasteiger partial charge in [0.2, 0.25) is 11.7 Å². The SMILES string of the molecule is O=C(O)CC(OC(=O)C(O)C(O)C(=O)O)C(=O)O.O=C(O)CCCC(=O)OC(CC(=O)O)(CC(=O)OC(=O)CCC(=O)O)C(=O)O. The summed E-state index contributed by atoms with van der Waals surface area (Å²) in [4.78, 5) is 120. The summed E-state index contributed by atoms with van der Waals surface area (Å²) in [5.74, 6) is -17.5. The second kappa shape index (κ2) is 20.3. The van der Waals surface area contributed by atoms with Gasteiger partial charge in [0, 0.05) is 12.8 Å². The molecule has 46 heavy (non-hydrogen) atoms. The first-order chi connectivity index (χ1) is 21.0. The van der Waals surface area contributed by atoms with Crippen LogP contribution in [-0.4, -0.2) is 136 Å². The van der Waals surface area contributed by atoms with Crippen molar-refractivity contribution in [2.24, 2.45) is 0 Å². The van der Waals surface area contributed by atoms with Gasteiger partial charge in [-0.15, -0.1) is 0 Å². The van der Waals surface area contributed by atoms with Gasteiger partial charge < -0.3 is 60.2 Å². The van der Waals surface area contributed by atoms with Crippen LogP contribution in [-0.2, 0) is 67.0 Å². The molecule has 9 N–H and O–H groups in total. The van der Waals surface area contributed by atoms with Crippen molar-refractivity contribution >= 4 is 65.7 Å². The predicted molar refractivity (Wildman–Crippen MR) is 132 cm³/mol. The van der Waals surface area contributed by atoms with Crippen molar-refractivity contribution in [3.63, 3.8) is 0 Å². The van der Waals surface area contributed by atoms with Crippen LogP contribution < -0.4 is 0 Å². The van der Waals surface area contributed by atoms with Crippen molar-refractivity contribution in [2.45, 2.75) is 75.3 Å². The number of carbonyl (C=O) groups excluding carboxylic acids is 4. The highest BCUT2D eigenvalue weighted by Gasteiger charge is 2.48. The molecular weight excluding hydrogens is 644 g/mol. The molecule has 0 aliphatic rings. The van der Waals surface area contributed by atoms with Crippen LogP contribution in [0.1, 0.15) is 51.4 Å². The number of esters is 4. The zero-order valence-electron chi connectivity index (χ0n) is 23.1. The molecule has 0 saturated carbocycles. The minimum Gasteiger partial charge on any atom is -0.481 e. The normalized spacial score (nSPS) is 13.4. The highest BCUT2D eigenvalue weighted by Crippen LogP contribution is 2.24. The number of aliphatic hydroxyl groups is 2. The lowest BCUT2D eigenvalue weighted by Crippen LogP contribution is -2.47. The molecule has 0 aromatic heterocycles. The molecule has 0 aliphatic carbocycles. The third-order valence-corrected chi connectivity index (χ3v) is 4.80. The Labute approximate surface area is 254 Å². The molecule has 0 radical (unpaired) electrons. The zero-order valence-corrected chi connectivity index (χ0v) is 23.1. The van der Waals surface area contributed by atoms with Crippen LogP contribution in [0.4, 0.5) is 0 Å². The highest BCUT2D eigenvalue weighted by molar-refractivity contribution is 5.94. The summed E-state index contributed by atoms with van der Waals surface area (Å²) in [7, 11) is 0. The molecule has 0 bridgehead atoms. The fourth-order valence-electron chi connectivity index (χ4n) is 2.69. The molecular formula is C23H28O23. The first-order valence-corrected chi connectivity index (χ1v) is 12.1. The van der Waals surface area contributed by atoms with E-state index in [2.05, 4.69) is 14.2 Å². The van der Waals surface area contributed by atoms with Gasteiger partial charge in [-0.25, -0.2) is 19.2 Å². The summed E-state index contributed by atoms with van der Waals surface area (Å²) < 4.78 is 12.9. The molecule has 0 amide bonds. The summed E-state index contributed by atoms with van der Waals surface area (Å²) in [6, 6.07) is 0. The Balaban J connectivity index is 0. The monoisotopic (exact) mass is 672 g/mol. The summed E-state index contributed by atoms with van der Waals surface area (Å²) >= 11 is 0. The van der Waals surface area contributed by atoms with E-state index in [1.165, 1.54) is 0 Å². The van der Waals surface area contributed by atoms with Gasteiger partial charge in [0.15, 0.2) is 12.2 Å². The standard InChI is InChI=1S/C15H18O13.C8H10O10/c16-8(17)2-1-3-12(23)28-15(14(25)26,6-10(20)21)7-13(24)27-11(22)5-4-9(18)19;9-3(10)1-2(6(13)14)18-8(17)5(12)4(11)7(15)16/h1-7H2,(H,16,17)(H,18,19)(H,20,21)(H,25,26);2,4-5,11-12H,1H2,(H,9,10)(H,13,14)(H,15,16). The van der Waals surface area contributed by atoms with Gasteiger partial charge in [-0.1, -0.05) is 0 Å². The molecule has 23 nitrogen and oxygen atoms in total. The number of aliphatic hydroxyl groups excluding tert-OH is 2. The van der Waals surface area contributed by atoms with Gasteiger partial charge in [0.05, 0.1) is 32.1 Å². The number of carboxylic acid groups (broad SMARTS) is 7. The molecule has 0 rings (SSSR count). The van der Waals surface area contributed by atoms with E-state index < -0.39 is 135 Å². The number of carboxylic acids is 7. The van der Waals surface area contributed by atoms with Crippen molar-refractivity contribution < 1.29 is 113 Å². The lowest BCUT2D eigenvalue weighted by atomic mass is 9.95. The van der Waals surface area contributed by atoms with Crippen LogP contribution in [0.25, 0.3) is 0 Å². The number of carbonyl (C=O) groups is 11. The molecule has 4 unspecified atom stereocenters. The Hall–Kier alpha value is -5.71. The van der Waals surface area contributed by atoms with Crippen molar-refractivity contribution in [3.8, 4) is 0 Å². The van der Waals surface area contributed by atoms with Crippen molar-refractivity contribution in [3.05, 3.63) is 0 Å². The maximum Gasteiger partial charge on any atom is 0.349 e. The van der Waals surface area contributed by atoms with Gasteiger partial charge in [-0.05, 0) is 6.42 Å². The molecule has 0 spiro atoms. The number of hydrogen-bond donors (Lipinski definition) is 9. The molecule has 0 aromatic rings. The van der Waals surface area contributed by atoms with Crippen molar-refractivity contribution in [1.82, 2.24) is 0 Å². The lowest BCUT2D eigenvalue weighted by molar-refractivity contribution is -0.187. The molecule has 0 saturated heterocycles. The fourth-order valence-corrected chi connectivity index (χ4v) is 2.69. The average molecular weight is 672 g/mol. The molecule has 258 valence electrons. The highest BCUT2D eigenvalue weighted by atomic mass is 16.6. The topological polar surface area (TPSA) is 398 Å². The number of ether oxygens (including phenoxy) is 3. The first kappa shape index (κ1) is 42.4. The van der Waals surface area contributed by atoms with E-state index in [0.29, 0.717) is 0 Å². The number of rotatable bonds is 20. The Kier molecular flexibility index (Phi) is 18.7. The average Bonchev–Trinajstić information content (AvgIpc) is 2.89. The van der Waals surface area contributed by atoms with Gasteiger partial charge >= 0.3 is 65.7 Å². The minimum atomic E-state index is -2.89. The van der Waals surface area contributed by atoms with Crippen molar-refractivity contribution in [2.75, 3.05) is 0 Å². The fraction of sp³-hybridized carbons (Fsp3) is 0.522. The summed E-state index contributed by atoms with van der Waals surface area (Å²) in [6.07, 6.45) is -13.4. The van der Waals surface area contributed by atoms with Crippen LogP contribution in [0.2, 0.25) is 0 Å². The van der Waals surface area contributed by atoms with Gasteiger partial charge in [0.25, 0.3) is 0 Å². The summed E-state index contributed by atoms with van der Waals surface area (Å²) in [6.45, 7) is 0. The molecule has 23 heteroatoms. The lowest BCUT2D eigenvalue weighted by Gasteiger charge is -2.26. The second-order valence-corrected chi connectivity index (χ2v) is 8.60. The number of aliphatic carboxylic acids is 7. The maximum absolute atomic E-state index is 11.8. The summed E-state index contributed by atoms with van der Waals surface area (Å²) in [5, 5.41) is 77.9. The Morgan fingerprint density at radius 1 is 0.543 bits per heavy atom. The third kappa shape index (κ3) is 18.1. The van der Waals surface area contributed by atoms with Crippen molar-refractivity contribution in [1.29, 1.82) is 0 Å². The minimum absolute atomic E-state index is 0.227. The Morgan fingerprint density at radius 2 is 1.09 bits per heavy atom. The summed E-state index contributed by atoms with van der Waals surface area (Å²) in [5.41, 5.74) is -2.89. The first-order valence-electron chi connectivity index (χ1n) is 12.1. The largest absolute Gasteiger partial charge is 0.481 e. The molecule has 0 fully saturated rings. The predicted octanol–water partition coefficient (Wildman–Crippen LogP) is -3.33. The molecule has 0 heterocycles. The zero-order chi connectivity index (χ0) is 36.4. The molecule has 4 atom stereocenters. The Morgan fingerprint density at radius 3 is 1.50 bits per heavy atom. The molecule has 0 aliphatic heterocycles. The van der Waals surface area contributed by atoms with Gasteiger partial charge in [-0.2, -0.15) is 0 Å². The quantitative estimate of drug-likeness (QED) is 0.0347. The Bertz CT molecular complexity index is 1200. The van der Waals surface area contributed by atoms with Crippen LogP contribution in [0, 0.1) is 0 Å². The number of hydrogen-bond acceptors (Lipinski definition) is 16. The smallest absolute Gasteiger partial charge is 0.349 e. The van der Waals surface area contributed by atoms with E-state index in [1.807, 2.05) is 0 Å². The van der Waals surface area contributed by atoms with E-state index >= 15 is 0 Å². The van der Waals surface area contributed by atoms with E-state index in [1.54, 1.807) is 0 Å². The van der Waals surface area contributed by atoms with E-state index in [-0.39, 0.29) is 6.42 Å². The maximum atomic E-state index is 11.8. The van der Waals surface area contributed by atoms with Crippen LogP contribution in [0.15, 0.2) is 0 Å². The van der Waals surface area contributed by atoms with E-state index in [9.17, 15) is 57.8 Å². The second-order valence-electron chi connectivity index (χ2n) is 8.60. The van der Waals surface area contributed by atoms with Crippen LogP contribution >= 0.6 is 0 Å². The van der Waals surface area contributed by atoms with E-state index in [0.717, 1.165) is 0 Å². The van der Waals surface area contributed by atoms with Gasteiger partial charge in [0.1, 0.15) is 0 Å². The van der Waals surface area contributed by atoms with Gasteiger partial charge in [-0.3, -0.25) is 33.6 Å². The van der Waals surface area contributed by atoms with Crippen LogP contribution in [0.5, 0.6) is 0 Å². The third-order valence-electron chi connectivity index (χ3n) is 4.80. The van der Waals surface area contributed by atoms with Crippen LogP contribution in [0.3, 0.4) is 0 Å². The molecule has 0 aromatic carbocycles. The van der Waals surface area contributed by atoms with E-state index in [4.69, 9.17) is 40.9 Å².